The fourth-order valence-corrected chi connectivity index (χ4v) is 2.72. The van der Waals surface area contributed by atoms with E-state index in [2.05, 4.69) is 26.3 Å². The van der Waals surface area contributed by atoms with Crippen LogP contribution in [0.15, 0.2) is 28.9 Å². The van der Waals surface area contributed by atoms with Crippen molar-refractivity contribution in [2.24, 2.45) is 7.05 Å². The molecule has 4 nitrogen and oxygen atoms in total. The minimum absolute atomic E-state index is 0.0805. The van der Waals surface area contributed by atoms with Crippen LogP contribution in [0, 0.1) is 0 Å². The summed E-state index contributed by atoms with van der Waals surface area (Å²) >= 11 is 9.66. The van der Waals surface area contributed by atoms with Crippen LogP contribution in [-0.2, 0) is 7.05 Å². The lowest BCUT2D eigenvalue weighted by atomic mass is 10.0. The Morgan fingerprint density at radius 3 is 2.74 bits per heavy atom. The highest BCUT2D eigenvalue weighted by Gasteiger charge is 2.22. The molecule has 6 heteroatoms. The Balaban J connectivity index is 2.54. The average Bonchev–Trinajstić information content (AvgIpc) is 2.73. The van der Waals surface area contributed by atoms with Crippen molar-refractivity contribution < 1.29 is 4.74 Å². The highest BCUT2D eigenvalue weighted by molar-refractivity contribution is 9.10. The maximum Gasteiger partial charge on any atom is 0.125 e. The Hall–Kier alpha value is -1.04. The first-order valence-electron chi connectivity index (χ1n) is 5.76. The highest BCUT2D eigenvalue weighted by Crippen LogP contribution is 2.34. The number of hydrogen-bond acceptors (Lipinski definition) is 3. The number of hydrogen-bond donors (Lipinski definition) is 1. The molecule has 0 bridgehead atoms. The van der Waals surface area contributed by atoms with Crippen LogP contribution in [-0.4, -0.2) is 23.9 Å². The van der Waals surface area contributed by atoms with Gasteiger partial charge in [0.2, 0.25) is 0 Å². The van der Waals surface area contributed by atoms with Crippen molar-refractivity contribution in [2.75, 3.05) is 14.2 Å². The summed E-state index contributed by atoms with van der Waals surface area (Å²) in [5.41, 5.74) is 1.92. The molecule has 1 atom stereocenters. The molecule has 0 radical (unpaired) electrons. The molecule has 2 aromatic rings. The highest BCUT2D eigenvalue weighted by atomic mass is 79.9. The van der Waals surface area contributed by atoms with Crippen LogP contribution in [0.1, 0.15) is 17.3 Å². The molecule has 0 spiro atoms. The Labute approximate surface area is 125 Å². The van der Waals surface area contributed by atoms with Gasteiger partial charge in [-0.15, -0.1) is 0 Å². The molecular weight excluding hydrogens is 330 g/mol. The first-order valence-corrected chi connectivity index (χ1v) is 6.93. The predicted molar refractivity (Wildman–Crippen MR) is 79.8 cm³/mol. The molecule has 2 rings (SSSR count). The normalized spacial score (nSPS) is 12.5. The molecule has 1 aromatic heterocycles. The number of ether oxygens (including phenoxy) is 1. The van der Waals surface area contributed by atoms with Gasteiger partial charge in [-0.2, -0.15) is 5.10 Å². The van der Waals surface area contributed by atoms with Crippen molar-refractivity contribution in [3.05, 3.63) is 45.1 Å². The topological polar surface area (TPSA) is 39.1 Å². The van der Waals surface area contributed by atoms with E-state index in [0.717, 1.165) is 21.5 Å². The van der Waals surface area contributed by atoms with Gasteiger partial charge in [0, 0.05) is 17.1 Å². The minimum Gasteiger partial charge on any atom is -0.496 e. The van der Waals surface area contributed by atoms with Crippen LogP contribution in [0.3, 0.4) is 0 Å². The summed E-state index contributed by atoms with van der Waals surface area (Å²) in [7, 11) is 5.41. The molecule has 1 aromatic carbocycles. The zero-order chi connectivity index (χ0) is 14.0. The summed E-state index contributed by atoms with van der Waals surface area (Å²) in [4.78, 5) is 0. The van der Waals surface area contributed by atoms with Crippen LogP contribution in [0.25, 0.3) is 0 Å². The summed E-state index contributed by atoms with van der Waals surface area (Å²) in [5.74, 6) is 0.797. The second-order valence-corrected chi connectivity index (χ2v) is 5.43. The Kier molecular flexibility index (Phi) is 4.50. The number of nitrogens with one attached hydrogen (secondary N) is 1. The molecule has 0 aliphatic heterocycles. The van der Waals surface area contributed by atoms with Crippen LogP contribution in [0.2, 0.25) is 5.02 Å². The molecule has 1 N–H and O–H groups in total. The number of aromatic nitrogens is 2. The van der Waals surface area contributed by atoms with E-state index in [-0.39, 0.29) is 6.04 Å². The summed E-state index contributed by atoms with van der Waals surface area (Å²) in [6, 6.07) is 5.84. The number of nitrogens with zero attached hydrogens (tertiary/aromatic N) is 2. The van der Waals surface area contributed by atoms with Crippen LogP contribution >= 0.6 is 27.5 Å². The van der Waals surface area contributed by atoms with Crippen molar-refractivity contribution in [3.8, 4) is 5.75 Å². The van der Waals surface area contributed by atoms with Crippen molar-refractivity contribution in [3.63, 3.8) is 0 Å². The summed E-state index contributed by atoms with van der Waals surface area (Å²) in [6.07, 6.45) is 1.65. The zero-order valence-electron chi connectivity index (χ0n) is 10.9. The molecule has 0 aliphatic rings. The zero-order valence-corrected chi connectivity index (χ0v) is 13.3. The summed E-state index contributed by atoms with van der Waals surface area (Å²) in [6.45, 7) is 0. The van der Waals surface area contributed by atoms with Crippen molar-refractivity contribution in [1.29, 1.82) is 0 Å². The Morgan fingerprint density at radius 1 is 1.47 bits per heavy atom. The van der Waals surface area contributed by atoms with E-state index in [9.17, 15) is 0 Å². The van der Waals surface area contributed by atoms with E-state index in [1.165, 1.54) is 0 Å². The number of methoxy groups -OCH3 is 1. The number of aryl methyl sites for hydroxylation is 1. The monoisotopic (exact) mass is 343 g/mol. The SMILES string of the molecule is CNC(c1ccc(Br)cc1OC)c1c(Cl)cnn1C. The third-order valence-electron chi connectivity index (χ3n) is 3.01. The lowest BCUT2D eigenvalue weighted by Gasteiger charge is -2.20. The molecule has 1 unspecified atom stereocenters. The van der Waals surface area contributed by atoms with Gasteiger partial charge in [0.15, 0.2) is 0 Å². The first kappa shape index (κ1) is 14.4. The van der Waals surface area contributed by atoms with Gasteiger partial charge in [-0.05, 0) is 19.2 Å². The predicted octanol–water partition coefficient (Wildman–Crippen LogP) is 3.15. The van der Waals surface area contributed by atoms with Crippen molar-refractivity contribution >= 4 is 27.5 Å². The van der Waals surface area contributed by atoms with Crippen LogP contribution in [0.5, 0.6) is 5.75 Å². The standard InChI is InChI=1S/C13H15BrClN3O/c1-16-12(13-10(15)7-17-18(13)2)9-5-4-8(14)6-11(9)19-3/h4-7,12,16H,1-3H3. The third kappa shape index (κ3) is 2.78. The molecule has 102 valence electrons. The fourth-order valence-electron chi connectivity index (χ4n) is 2.11. The van der Waals surface area contributed by atoms with E-state index in [1.54, 1.807) is 18.0 Å². The average molecular weight is 345 g/mol. The number of benzene rings is 1. The van der Waals surface area contributed by atoms with Gasteiger partial charge >= 0.3 is 0 Å². The molecule has 19 heavy (non-hydrogen) atoms. The lowest BCUT2D eigenvalue weighted by Crippen LogP contribution is -2.21. The minimum atomic E-state index is -0.0805. The second-order valence-electron chi connectivity index (χ2n) is 4.11. The molecule has 0 amide bonds. The second kappa shape index (κ2) is 5.94. The van der Waals surface area contributed by atoms with Gasteiger partial charge in [-0.1, -0.05) is 33.6 Å². The van der Waals surface area contributed by atoms with Gasteiger partial charge < -0.3 is 10.1 Å². The van der Waals surface area contributed by atoms with E-state index in [1.807, 2.05) is 32.3 Å². The molecule has 0 saturated carbocycles. The largest absolute Gasteiger partial charge is 0.496 e. The summed E-state index contributed by atoms with van der Waals surface area (Å²) in [5, 5.41) is 8.07. The quantitative estimate of drug-likeness (QED) is 0.926. The molecule has 0 fully saturated rings. The Morgan fingerprint density at radius 2 is 2.21 bits per heavy atom. The summed E-state index contributed by atoms with van der Waals surface area (Å²) < 4.78 is 8.18. The van der Waals surface area contributed by atoms with Gasteiger partial charge in [0.25, 0.3) is 0 Å². The first-order chi connectivity index (χ1) is 9.08. The van der Waals surface area contributed by atoms with Crippen molar-refractivity contribution in [2.45, 2.75) is 6.04 Å². The molecule has 1 heterocycles. The maximum absolute atomic E-state index is 6.22. The maximum atomic E-state index is 6.22. The molecular formula is C13H15BrClN3O. The third-order valence-corrected chi connectivity index (χ3v) is 3.79. The molecule has 0 aliphatic carbocycles. The number of halogens is 2. The molecule has 0 saturated heterocycles. The van der Waals surface area contributed by atoms with Crippen LogP contribution < -0.4 is 10.1 Å². The van der Waals surface area contributed by atoms with Crippen LogP contribution in [0.4, 0.5) is 0 Å². The van der Waals surface area contributed by atoms with E-state index < -0.39 is 0 Å². The smallest absolute Gasteiger partial charge is 0.125 e. The van der Waals surface area contributed by atoms with Gasteiger partial charge in [0.05, 0.1) is 30.1 Å². The van der Waals surface area contributed by atoms with Gasteiger partial charge in [0.1, 0.15) is 5.75 Å². The van der Waals surface area contributed by atoms with Gasteiger partial charge in [-0.25, -0.2) is 0 Å². The van der Waals surface area contributed by atoms with E-state index in [4.69, 9.17) is 16.3 Å². The van der Waals surface area contributed by atoms with E-state index in [0.29, 0.717) is 5.02 Å². The lowest BCUT2D eigenvalue weighted by molar-refractivity contribution is 0.404. The van der Waals surface area contributed by atoms with Gasteiger partial charge in [-0.3, -0.25) is 4.68 Å². The number of rotatable bonds is 4. The Bertz CT molecular complexity index is 566. The fraction of sp³-hybridized carbons (Fsp3) is 0.308. The van der Waals surface area contributed by atoms with E-state index >= 15 is 0 Å². The van der Waals surface area contributed by atoms with Crippen molar-refractivity contribution in [1.82, 2.24) is 15.1 Å².